The fourth-order valence-electron chi connectivity index (χ4n) is 3.25. The molecule has 110 valence electrons. The maximum Gasteiger partial charge on any atom is 0.123 e. The van der Waals surface area contributed by atoms with Gasteiger partial charge >= 0.3 is 0 Å². The quantitative estimate of drug-likeness (QED) is 0.729. The van der Waals surface area contributed by atoms with E-state index in [1.165, 1.54) is 33.4 Å². The summed E-state index contributed by atoms with van der Waals surface area (Å²) in [6, 6.07) is 11.3. The Bertz CT molecular complexity index is 665. The van der Waals surface area contributed by atoms with E-state index in [1.807, 2.05) is 0 Å². The summed E-state index contributed by atoms with van der Waals surface area (Å²) in [5, 5.41) is 0. The molecule has 2 aromatic carbocycles. The lowest BCUT2D eigenvalue weighted by molar-refractivity contribution is 0.343. The summed E-state index contributed by atoms with van der Waals surface area (Å²) in [6.07, 6.45) is 0. The van der Waals surface area contributed by atoms with Crippen LogP contribution in [0.15, 0.2) is 30.3 Å². The average Bonchev–Trinajstić information content (AvgIpc) is 2.88. The molecule has 0 aliphatic carbocycles. The van der Waals surface area contributed by atoms with E-state index >= 15 is 0 Å². The number of hydrogen-bond acceptors (Lipinski definition) is 1. The van der Waals surface area contributed by atoms with Crippen LogP contribution in [0.2, 0.25) is 0 Å². The van der Waals surface area contributed by atoms with Crippen LogP contribution in [0.25, 0.3) is 0 Å². The molecule has 1 heteroatoms. The van der Waals surface area contributed by atoms with Crippen molar-refractivity contribution in [2.45, 2.75) is 46.5 Å². The molecule has 21 heavy (non-hydrogen) atoms. The predicted molar refractivity (Wildman–Crippen MR) is 88.5 cm³/mol. The molecule has 2 aromatic rings. The summed E-state index contributed by atoms with van der Waals surface area (Å²) in [4.78, 5) is 0. The van der Waals surface area contributed by atoms with E-state index in [9.17, 15) is 0 Å². The number of hydrogen-bond donors (Lipinski definition) is 0. The third kappa shape index (κ3) is 2.35. The van der Waals surface area contributed by atoms with Crippen molar-refractivity contribution in [3.63, 3.8) is 0 Å². The molecule has 0 bridgehead atoms. The minimum atomic E-state index is 0.375. The monoisotopic (exact) mass is 280 g/mol. The topological polar surface area (TPSA) is 9.23 Å². The predicted octanol–water partition coefficient (Wildman–Crippen LogP) is 5.26. The van der Waals surface area contributed by atoms with E-state index in [0.717, 1.165) is 12.4 Å². The summed E-state index contributed by atoms with van der Waals surface area (Å²) in [5.41, 5.74) is 8.25. The first-order valence-electron chi connectivity index (χ1n) is 7.82. The van der Waals surface area contributed by atoms with E-state index in [0.29, 0.717) is 11.8 Å². The van der Waals surface area contributed by atoms with Gasteiger partial charge in [0.15, 0.2) is 0 Å². The second kappa shape index (κ2) is 5.22. The van der Waals surface area contributed by atoms with Crippen LogP contribution in [-0.2, 0) is 0 Å². The molecule has 1 aliphatic heterocycles. The largest absolute Gasteiger partial charge is 0.492 e. The van der Waals surface area contributed by atoms with Gasteiger partial charge in [-0.3, -0.25) is 0 Å². The Labute approximate surface area is 128 Å². The maximum atomic E-state index is 5.96. The van der Waals surface area contributed by atoms with Gasteiger partial charge in [-0.15, -0.1) is 0 Å². The van der Waals surface area contributed by atoms with Crippen molar-refractivity contribution in [3.8, 4) is 5.75 Å². The summed E-state index contributed by atoms with van der Waals surface area (Å²) < 4.78 is 5.96. The molecule has 0 fully saturated rings. The van der Waals surface area contributed by atoms with Crippen LogP contribution in [0.1, 0.15) is 59.1 Å². The van der Waals surface area contributed by atoms with Crippen molar-refractivity contribution >= 4 is 0 Å². The molecule has 0 spiro atoms. The van der Waals surface area contributed by atoms with Crippen molar-refractivity contribution in [1.82, 2.24) is 0 Å². The molecule has 0 saturated carbocycles. The van der Waals surface area contributed by atoms with E-state index < -0.39 is 0 Å². The lowest BCUT2D eigenvalue weighted by Crippen LogP contribution is -2.04. The van der Waals surface area contributed by atoms with Gasteiger partial charge in [0.25, 0.3) is 0 Å². The Kier molecular flexibility index (Phi) is 3.52. The van der Waals surface area contributed by atoms with Crippen LogP contribution in [-0.4, -0.2) is 6.61 Å². The normalized spacial score (nSPS) is 17.0. The SMILES string of the molecule is Cc1cc2c(c(C)c1C)C(c1ccc(C(C)C)cc1)CO2. The van der Waals surface area contributed by atoms with Crippen molar-refractivity contribution < 1.29 is 4.74 Å². The zero-order chi connectivity index (χ0) is 15.1. The van der Waals surface area contributed by atoms with Crippen molar-refractivity contribution in [1.29, 1.82) is 0 Å². The van der Waals surface area contributed by atoms with E-state index in [4.69, 9.17) is 4.74 Å². The molecular formula is C20H24O. The molecule has 3 rings (SSSR count). The Morgan fingerprint density at radius 2 is 1.67 bits per heavy atom. The molecule has 0 aromatic heterocycles. The van der Waals surface area contributed by atoms with E-state index in [1.54, 1.807) is 0 Å². The highest BCUT2D eigenvalue weighted by Crippen LogP contribution is 2.42. The van der Waals surface area contributed by atoms with Gasteiger partial charge in [-0.1, -0.05) is 38.1 Å². The highest BCUT2D eigenvalue weighted by molar-refractivity contribution is 5.55. The lowest BCUT2D eigenvalue weighted by atomic mass is 9.86. The van der Waals surface area contributed by atoms with Gasteiger partial charge in [-0.2, -0.15) is 0 Å². The summed E-state index contributed by atoms with van der Waals surface area (Å²) >= 11 is 0. The first-order valence-corrected chi connectivity index (χ1v) is 7.82. The second-order valence-electron chi connectivity index (χ2n) is 6.54. The van der Waals surface area contributed by atoms with Gasteiger partial charge in [0, 0.05) is 11.5 Å². The molecular weight excluding hydrogens is 256 g/mol. The van der Waals surface area contributed by atoms with Crippen LogP contribution >= 0.6 is 0 Å². The van der Waals surface area contributed by atoms with Crippen molar-refractivity contribution in [3.05, 3.63) is 63.7 Å². The molecule has 1 unspecified atom stereocenters. The zero-order valence-corrected chi connectivity index (χ0v) is 13.7. The van der Waals surface area contributed by atoms with Gasteiger partial charge in [0.2, 0.25) is 0 Å². The van der Waals surface area contributed by atoms with Crippen LogP contribution < -0.4 is 4.74 Å². The molecule has 0 N–H and O–H groups in total. The third-order valence-corrected chi connectivity index (χ3v) is 4.93. The zero-order valence-electron chi connectivity index (χ0n) is 13.7. The van der Waals surface area contributed by atoms with Crippen LogP contribution in [0.3, 0.4) is 0 Å². The highest BCUT2D eigenvalue weighted by Gasteiger charge is 2.28. The van der Waals surface area contributed by atoms with Gasteiger partial charge in [-0.05, 0) is 60.6 Å². The molecule has 0 saturated heterocycles. The second-order valence-corrected chi connectivity index (χ2v) is 6.54. The van der Waals surface area contributed by atoms with E-state index in [2.05, 4.69) is 65.0 Å². The smallest absolute Gasteiger partial charge is 0.123 e. The number of ether oxygens (including phenoxy) is 1. The van der Waals surface area contributed by atoms with Crippen molar-refractivity contribution in [2.75, 3.05) is 6.61 Å². The van der Waals surface area contributed by atoms with Gasteiger partial charge in [0.1, 0.15) is 5.75 Å². The van der Waals surface area contributed by atoms with E-state index in [-0.39, 0.29) is 0 Å². The number of aryl methyl sites for hydroxylation is 1. The highest BCUT2D eigenvalue weighted by atomic mass is 16.5. The minimum Gasteiger partial charge on any atom is -0.492 e. The summed E-state index contributed by atoms with van der Waals surface area (Å²) in [5.74, 6) is 2.03. The van der Waals surface area contributed by atoms with Crippen LogP contribution in [0.5, 0.6) is 5.75 Å². The number of fused-ring (bicyclic) bond motifs is 1. The third-order valence-electron chi connectivity index (χ3n) is 4.93. The summed E-state index contributed by atoms with van der Waals surface area (Å²) in [6.45, 7) is 11.8. The first kappa shape index (κ1) is 14.2. The molecule has 1 aliphatic rings. The number of rotatable bonds is 2. The van der Waals surface area contributed by atoms with Gasteiger partial charge < -0.3 is 4.74 Å². The molecule has 1 nitrogen and oxygen atoms in total. The summed E-state index contributed by atoms with van der Waals surface area (Å²) in [7, 11) is 0. The van der Waals surface area contributed by atoms with Gasteiger partial charge in [0.05, 0.1) is 6.61 Å². The first-order chi connectivity index (χ1) is 9.99. The Morgan fingerprint density at radius 3 is 2.29 bits per heavy atom. The molecule has 1 atom stereocenters. The Balaban J connectivity index is 2.03. The van der Waals surface area contributed by atoms with Crippen molar-refractivity contribution in [2.24, 2.45) is 0 Å². The number of benzene rings is 2. The Hall–Kier alpha value is -1.76. The Morgan fingerprint density at radius 1 is 1.00 bits per heavy atom. The molecule has 0 radical (unpaired) electrons. The molecule has 0 amide bonds. The standard InChI is InChI=1S/C20H24O/c1-12(2)16-6-8-17(9-7-16)18-11-21-19-10-13(3)14(4)15(5)20(18)19/h6-10,12,18H,11H2,1-5H3. The molecule has 1 heterocycles. The van der Waals surface area contributed by atoms with Crippen LogP contribution in [0, 0.1) is 20.8 Å². The lowest BCUT2D eigenvalue weighted by Gasteiger charge is -2.16. The maximum absolute atomic E-state index is 5.96. The van der Waals surface area contributed by atoms with Gasteiger partial charge in [-0.25, -0.2) is 0 Å². The fourth-order valence-corrected chi connectivity index (χ4v) is 3.25. The average molecular weight is 280 g/mol. The minimum absolute atomic E-state index is 0.375. The van der Waals surface area contributed by atoms with Crippen LogP contribution in [0.4, 0.5) is 0 Å². The fraction of sp³-hybridized carbons (Fsp3) is 0.400.